The fraction of sp³-hybridized carbons (Fsp3) is 0.517. The van der Waals surface area contributed by atoms with E-state index < -0.39 is 49.6 Å². The van der Waals surface area contributed by atoms with Crippen LogP contribution in [-0.2, 0) is 48.9 Å². The van der Waals surface area contributed by atoms with Gasteiger partial charge in [0.25, 0.3) is 5.91 Å². The maximum atomic E-state index is 17.1. The monoisotopic (exact) mass is 1060 g/mol. The maximum Gasteiger partial charge on any atom is 0.264 e. The molecule has 76 heavy (non-hydrogen) atoms. The van der Waals surface area contributed by atoms with E-state index in [-0.39, 0.29) is 56.5 Å². The molecule has 9 rings (SSSR count). The fourth-order valence-corrected chi connectivity index (χ4v) is 15.0. The average Bonchev–Trinajstić information content (AvgIpc) is 4.20. The molecule has 2 unspecified atom stereocenters. The summed E-state index contributed by atoms with van der Waals surface area (Å²) in [4.78, 5) is 65.9. The van der Waals surface area contributed by atoms with E-state index in [1.165, 1.54) is 0 Å². The summed E-state index contributed by atoms with van der Waals surface area (Å²) >= 11 is 0. The van der Waals surface area contributed by atoms with E-state index in [9.17, 15) is 29.7 Å². The highest BCUT2D eigenvalue weighted by Gasteiger charge is 2.67. The number of ether oxygens (including phenoxy) is 3. The Morgan fingerprint density at radius 2 is 1.32 bits per heavy atom. The largest absolute Gasteiger partial charge is 0.494 e. The van der Waals surface area contributed by atoms with E-state index in [0.29, 0.717) is 118 Å². The smallest absolute Gasteiger partial charge is 0.264 e. The second kappa shape index (κ2) is 23.5. The summed E-state index contributed by atoms with van der Waals surface area (Å²) in [6.07, 6.45) is 3.76. The summed E-state index contributed by atoms with van der Waals surface area (Å²) in [5.41, 5.74) is 3.59. The van der Waals surface area contributed by atoms with Gasteiger partial charge in [-0.25, -0.2) is 0 Å². The number of carbonyl (C=O) groups excluding carboxylic acids is 4. The number of halogens is 1. The number of likely N-dealkylation sites (tertiary alicyclic amines) is 1. The lowest BCUT2D eigenvalue weighted by atomic mass is 9.82. The topological polar surface area (TPSA) is 194 Å². The van der Waals surface area contributed by atoms with Crippen LogP contribution in [0.25, 0.3) is 0 Å². The highest BCUT2D eigenvalue weighted by atomic mass is 28.4. The van der Waals surface area contributed by atoms with E-state index in [2.05, 4.69) is 10.6 Å². The Balaban J connectivity index is 1.10. The molecule has 0 radical (unpaired) electrons. The summed E-state index contributed by atoms with van der Waals surface area (Å²) in [7, 11) is -3.72. The van der Waals surface area contributed by atoms with Crippen LogP contribution in [0.1, 0.15) is 88.0 Å². The first-order chi connectivity index (χ1) is 36.7. The van der Waals surface area contributed by atoms with Crippen molar-refractivity contribution >= 4 is 60.5 Å². The third kappa shape index (κ3) is 10.7. The van der Waals surface area contributed by atoms with E-state index in [1.54, 1.807) is 32.7 Å². The third-order valence-electron chi connectivity index (χ3n) is 16.1. The summed E-state index contributed by atoms with van der Waals surface area (Å²) in [5.74, 6) is -0.331. The maximum absolute atomic E-state index is 17.1. The number of unbranched alkanes of at least 4 members (excludes halogenated alkanes) is 2. The van der Waals surface area contributed by atoms with Gasteiger partial charge in [0.2, 0.25) is 26.1 Å². The van der Waals surface area contributed by atoms with E-state index >= 15 is 8.90 Å². The Bertz CT molecular complexity index is 2760. The predicted molar refractivity (Wildman–Crippen MR) is 292 cm³/mol. The van der Waals surface area contributed by atoms with Crippen molar-refractivity contribution in [2.75, 3.05) is 67.4 Å². The molecule has 4 aromatic carbocycles. The van der Waals surface area contributed by atoms with Gasteiger partial charge in [-0.15, -0.1) is 0 Å². The molecule has 0 bridgehead atoms. The zero-order valence-electron chi connectivity index (χ0n) is 44.6. The zero-order chi connectivity index (χ0) is 53.9. The Hall–Kier alpha value is -5.73. The quantitative estimate of drug-likeness (QED) is 0.0306. The summed E-state index contributed by atoms with van der Waals surface area (Å²) in [5, 5.41) is 35.9. The van der Waals surface area contributed by atoms with Crippen molar-refractivity contribution in [3.63, 3.8) is 0 Å². The minimum atomic E-state index is -3.72. The van der Waals surface area contributed by atoms with Crippen molar-refractivity contribution in [3.8, 4) is 11.5 Å². The minimum absolute atomic E-state index is 0.0435. The van der Waals surface area contributed by atoms with Crippen molar-refractivity contribution in [1.29, 1.82) is 0 Å². The van der Waals surface area contributed by atoms with Crippen LogP contribution < -0.4 is 34.8 Å². The first-order valence-corrected chi connectivity index (χ1v) is 30.3. The van der Waals surface area contributed by atoms with Crippen LogP contribution in [0, 0.1) is 5.92 Å². The highest BCUT2D eigenvalue weighted by Crippen LogP contribution is 2.61. The number of rotatable bonds is 22. The number of benzene rings is 4. The number of nitrogens with one attached hydrogen (secondary N) is 2. The molecule has 5 aliphatic rings. The van der Waals surface area contributed by atoms with Gasteiger partial charge < -0.3 is 54.1 Å². The molecule has 5 heterocycles. The molecule has 408 valence electrons. The molecule has 2 fully saturated rings. The molecule has 2 saturated heterocycles. The van der Waals surface area contributed by atoms with Gasteiger partial charge in [-0.1, -0.05) is 19.1 Å². The SMILES string of the molecule is CCOc1ccc2c(c1)CC(NCCCCO)C(=O)N2c1ccc(CN2C(=O)[C@]3(O[C@H](CC(=O)N4CCC[C@H]4CO)[C@@H]([Si](C)(C)F)[C@@H]3C)c3cc(N4C(=O)C(NCCCCO)Cc5cc(OCC)ccc54)ccc32)cc1. The molecular weight excluding hydrogens is 988 g/mol. The first-order valence-electron chi connectivity index (χ1n) is 27.4. The molecule has 18 heteroatoms. The summed E-state index contributed by atoms with van der Waals surface area (Å²) in [6, 6.07) is 22.9. The Morgan fingerprint density at radius 3 is 1.86 bits per heavy atom. The van der Waals surface area contributed by atoms with E-state index in [1.807, 2.05) is 99.6 Å². The molecule has 7 atom stereocenters. The third-order valence-corrected chi connectivity index (χ3v) is 18.5. The summed E-state index contributed by atoms with van der Waals surface area (Å²) in [6.45, 7) is 11.4. The van der Waals surface area contributed by atoms with Crippen LogP contribution in [0.4, 0.5) is 32.5 Å². The lowest BCUT2D eigenvalue weighted by molar-refractivity contribution is -0.150. The average molecular weight is 1060 g/mol. The molecule has 16 nitrogen and oxygen atoms in total. The fourth-order valence-electron chi connectivity index (χ4n) is 12.5. The van der Waals surface area contributed by atoms with Gasteiger partial charge in [0.1, 0.15) is 11.5 Å². The first kappa shape index (κ1) is 55.0. The Labute approximate surface area is 446 Å². The number of aliphatic hydroxyl groups is 3. The minimum Gasteiger partial charge on any atom is -0.494 e. The molecular formula is C58H75FN6O10Si. The number of amides is 4. The molecule has 0 aromatic heterocycles. The number of fused-ring (bicyclic) bond motifs is 4. The Morgan fingerprint density at radius 1 is 0.763 bits per heavy atom. The number of aliphatic hydroxyl groups excluding tert-OH is 3. The molecule has 0 saturated carbocycles. The van der Waals surface area contributed by atoms with Crippen molar-refractivity contribution in [3.05, 3.63) is 101 Å². The van der Waals surface area contributed by atoms with E-state index in [4.69, 9.17) is 14.2 Å². The van der Waals surface area contributed by atoms with Crippen molar-refractivity contribution in [1.82, 2.24) is 15.5 Å². The molecule has 4 aromatic rings. The number of nitrogens with zero attached hydrogens (tertiary/aromatic N) is 4. The second-order valence-corrected chi connectivity index (χ2v) is 25.2. The zero-order valence-corrected chi connectivity index (χ0v) is 45.6. The van der Waals surface area contributed by atoms with Gasteiger partial charge >= 0.3 is 0 Å². The van der Waals surface area contributed by atoms with Crippen LogP contribution in [0.3, 0.4) is 0 Å². The molecule has 1 spiro atoms. The van der Waals surface area contributed by atoms with Crippen molar-refractivity contribution in [2.24, 2.45) is 5.92 Å². The lowest BCUT2D eigenvalue weighted by Gasteiger charge is -2.36. The molecule has 5 N–H and O–H groups in total. The molecule has 5 aliphatic heterocycles. The van der Waals surface area contributed by atoms with Crippen molar-refractivity contribution in [2.45, 2.75) is 134 Å². The van der Waals surface area contributed by atoms with Crippen LogP contribution in [0.15, 0.2) is 78.9 Å². The number of carbonyl (C=O) groups is 4. The summed E-state index contributed by atoms with van der Waals surface area (Å²) < 4.78 is 36.0. The second-order valence-electron chi connectivity index (χ2n) is 21.4. The van der Waals surface area contributed by atoms with Gasteiger partial charge in [-0.2, -0.15) is 0 Å². The standard InChI is InChI=1S/C58H75FN6O10Si/c1-6-73-44-19-22-49-39(29-44)31-47(60-24-8-10-27-66)55(70)64(49)41-16-14-38(15-17-41)35-63-51-21-18-42(65-50-23-20-45(74-7-2)30-40(50)32-48(56(65)71)61-25-9-11-28-67)33-46(51)58(57(63)72)37(3)54(76(4,5)59)52(75-58)34-53(69)62-26-12-13-43(62)36-68/h14-23,29-30,33,37,43,47-48,52,54,60-61,66-68H,6-13,24-28,31-32,34-36H2,1-5H3/t37-,43-,47?,48?,52+,54-,58+/m0/s1. The number of hydrogen-bond acceptors (Lipinski definition) is 12. The number of hydrogen-bond donors (Lipinski definition) is 5. The number of anilines is 5. The van der Waals surface area contributed by atoms with Crippen LogP contribution in [-0.4, -0.2) is 129 Å². The predicted octanol–water partition coefficient (Wildman–Crippen LogP) is 7.08. The van der Waals surface area contributed by atoms with Gasteiger partial charge in [-0.05, 0) is 175 Å². The highest BCUT2D eigenvalue weighted by molar-refractivity contribution is 6.72. The van der Waals surface area contributed by atoms with Gasteiger partial charge in [0.15, 0.2) is 5.60 Å². The van der Waals surface area contributed by atoms with Crippen molar-refractivity contribution < 1.29 is 52.8 Å². The Kier molecular flexibility index (Phi) is 17.0. The van der Waals surface area contributed by atoms with Gasteiger partial charge in [0.05, 0.1) is 74.1 Å². The molecule has 0 aliphatic carbocycles. The van der Waals surface area contributed by atoms with E-state index in [0.717, 1.165) is 28.8 Å². The lowest BCUT2D eigenvalue weighted by Crippen LogP contribution is -2.49. The molecule has 4 amide bonds. The van der Waals surface area contributed by atoms with Crippen LogP contribution in [0.2, 0.25) is 18.6 Å². The normalized spacial score (nSPS) is 24.1. The van der Waals surface area contributed by atoms with Crippen LogP contribution in [0.5, 0.6) is 11.5 Å². The van der Waals surface area contributed by atoms with Gasteiger partial charge in [-0.3, -0.25) is 29.0 Å². The van der Waals surface area contributed by atoms with Crippen LogP contribution >= 0.6 is 0 Å². The van der Waals surface area contributed by atoms with Gasteiger partial charge in [0, 0.05) is 48.2 Å².